The van der Waals surface area contributed by atoms with Gasteiger partial charge in [0.2, 0.25) is 0 Å². The predicted octanol–water partition coefficient (Wildman–Crippen LogP) is 3.25. The zero-order valence-electron chi connectivity index (χ0n) is 11.7. The number of halogens is 1. The number of rotatable bonds is 7. The van der Waals surface area contributed by atoms with E-state index < -0.39 is 0 Å². The Hall–Kier alpha value is -1.03. The molecule has 0 saturated heterocycles. The van der Waals surface area contributed by atoms with Crippen molar-refractivity contribution < 1.29 is 0 Å². The molecule has 104 valence electrons. The maximum atomic E-state index is 6.36. The minimum Gasteiger partial charge on any atom is -0.356 e. The van der Waals surface area contributed by atoms with E-state index in [-0.39, 0.29) is 0 Å². The molecule has 2 rings (SSSR count). The number of para-hydroxylation sites is 1. The average molecular weight is 280 g/mol. The molecule has 4 heteroatoms. The largest absolute Gasteiger partial charge is 0.356 e. The number of aromatic nitrogens is 1. The Kier molecular flexibility index (Phi) is 5.25. The van der Waals surface area contributed by atoms with Gasteiger partial charge in [0.05, 0.1) is 5.02 Å². The highest BCUT2D eigenvalue weighted by atomic mass is 35.5. The molecule has 0 amide bonds. The number of nitrogens with one attached hydrogen (secondary N) is 2. The van der Waals surface area contributed by atoms with Crippen molar-refractivity contribution in [1.82, 2.24) is 15.2 Å². The molecular formula is C15H22ClN3. The third-order valence-corrected chi connectivity index (χ3v) is 3.66. The molecule has 0 saturated carbocycles. The summed E-state index contributed by atoms with van der Waals surface area (Å²) in [7, 11) is 4.22. The molecule has 0 atom stereocenters. The van der Waals surface area contributed by atoms with Gasteiger partial charge in [-0.1, -0.05) is 29.8 Å². The molecule has 19 heavy (non-hydrogen) atoms. The first-order chi connectivity index (χ1) is 9.18. The second-order valence-electron chi connectivity index (χ2n) is 5.15. The third-order valence-electron chi connectivity index (χ3n) is 3.22. The third kappa shape index (κ3) is 3.96. The summed E-state index contributed by atoms with van der Waals surface area (Å²) in [6, 6.07) is 8.14. The van der Waals surface area contributed by atoms with Crippen LogP contribution in [0.1, 0.15) is 18.5 Å². The highest BCUT2D eigenvalue weighted by molar-refractivity contribution is 6.36. The van der Waals surface area contributed by atoms with E-state index in [0.29, 0.717) is 0 Å². The van der Waals surface area contributed by atoms with E-state index in [1.54, 1.807) is 0 Å². The second kappa shape index (κ2) is 6.94. The van der Waals surface area contributed by atoms with Crippen LogP contribution in [-0.2, 0) is 6.54 Å². The Morgan fingerprint density at radius 3 is 2.74 bits per heavy atom. The molecule has 0 aliphatic carbocycles. The van der Waals surface area contributed by atoms with Gasteiger partial charge in [-0.3, -0.25) is 0 Å². The van der Waals surface area contributed by atoms with Crippen molar-refractivity contribution in [2.24, 2.45) is 0 Å². The lowest BCUT2D eigenvalue weighted by atomic mass is 10.2. The molecule has 0 radical (unpaired) electrons. The van der Waals surface area contributed by atoms with Gasteiger partial charge in [0.25, 0.3) is 0 Å². The van der Waals surface area contributed by atoms with Crippen LogP contribution < -0.4 is 5.32 Å². The first-order valence-corrected chi connectivity index (χ1v) is 7.17. The Labute approximate surface area is 119 Å². The van der Waals surface area contributed by atoms with Gasteiger partial charge in [-0.25, -0.2) is 0 Å². The normalized spacial score (nSPS) is 11.6. The fourth-order valence-corrected chi connectivity index (χ4v) is 2.46. The van der Waals surface area contributed by atoms with Gasteiger partial charge in [-0.05, 0) is 46.1 Å². The molecule has 1 aromatic carbocycles. The Morgan fingerprint density at radius 2 is 2.00 bits per heavy atom. The first kappa shape index (κ1) is 14.4. The molecule has 1 aromatic heterocycles. The SMILES string of the molecule is CN(C)CCCCNCc1[nH]c2ccccc2c1Cl. The summed E-state index contributed by atoms with van der Waals surface area (Å²) >= 11 is 6.36. The maximum absolute atomic E-state index is 6.36. The van der Waals surface area contributed by atoms with Crippen molar-refractivity contribution in [2.75, 3.05) is 27.2 Å². The fourth-order valence-electron chi connectivity index (χ4n) is 2.18. The molecule has 2 aromatic rings. The van der Waals surface area contributed by atoms with Crippen molar-refractivity contribution >= 4 is 22.5 Å². The van der Waals surface area contributed by atoms with Gasteiger partial charge in [0, 0.05) is 23.1 Å². The van der Waals surface area contributed by atoms with Crippen molar-refractivity contribution in [2.45, 2.75) is 19.4 Å². The van der Waals surface area contributed by atoms with E-state index in [0.717, 1.165) is 41.3 Å². The number of fused-ring (bicyclic) bond motifs is 1. The molecular weight excluding hydrogens is 258 g/mol. The quantitative estimate of drug-likeness (QED) is 0.763. The van der Waals surface area contributed by atoms with Gasteiger partial charge < -0.3 is 15.2 Å². The smallest absolute Gasteiger partial charge is 0.0705 e. The minimum atomic E-state index is 0.801. The van der Waals surface area contributed by atoms with Crippen LogP contribution in [0.4, 0.5) is 0 Å². The Bertz CT molecular complexity index is 519. The zero-order valence-corrected chi connectivity index (χ0v) is 12.4. The van der Waals surface area contributed by atoms with Gasteiger partial charge in [-0.2, -0.15) is 0 Å². The van der Waals surface area contributed by atoms with Crippen LogP contribution in [0.2, 0.25) is 5.02 Å². The van der Waals surface area contributed by atoms with Gasteiger partial charge in [-0.15, -0.1) is 0 Å². The summed E-state index contributed by atoms with van der Waals surface area (Å²) in [4.78, 5) is 5.59. The summed E-state index contributed by atoms with van der Waals surface area (Å²) < 4.78 is 0. The summed E-state index contributed by atoms with van der Waals surface area (Å²) in [6.07, 6.45) is 2.41. The van der Waals surface area contributed by atoms with Crippen LogP contribution in [0.3, 0.4) is 0 Å². The first-order valence-electron chi connectivity index (χ1n) is 6.79. The molecule has 0 spiro atoms. The highest BCUT2D eigenvalue weighted by Crippen LogP contribution is 2.26. The summed E-state index contributed by atoms with van der Waals surface area (Å²) in [5.74, 6) is 0. The number of aromatic amines is 1. The molecule has 0 unspecified atom stereocenters. The van der Waals surface area contributed by atoms with E-state index in [2.05, 4.69) is 41.4 Å². The van der Waals surface area contributed by atoms with Gasteiger partial charge >= 0.3 is 0 Å². The van der Waals surface area contributed by atoms with Crippen LogP contribution in [0.15, 0.2) is 24.3 Å². The molecule has 0 aliphatic heterocycles. The lowest BCUT2D eigenvalue weighted by Gasteiger charge is -2.09. The van der Waals surface area contributed by atoms with Gasteiger partial charge in [0.1, 0.15) is 0 Å². The lowest BCUT2D eigenvalue weighted by Crippen LogP contribution is -2.18. The summed E-state index contributed by atoms with van der Waals surface area (Å²) in [5, 5.41) is 5.39. The van der Waals surface area contributed by atoms with Gasteiger partial charge in [0.15, 0.2) is 0 Å². The molecule has 1 heterocycles. The molecule has 0 aliphatic rings. The van der Waals surface area contributed by atoms with E-state index >= 15 is 0 Å². The molecule has 2 N–H and O–H groups in total. The topological polar surface area (TPSA) is 31.1 Å². The molecule has 0 fully saturated rings. The summed E-state index contributed by atoms with van der Waals surface area (Å²) in [5.41, 5.74) is 2.19. The number of benzene rings is 1. The van der Waals surface area contributed by atoms with E-state index in [9.17, 15) is 0 Å². The standard InChI is InChI=1S/C15H22ClN3/c1-19(2)10-6-5-9-17-11-14-15(16)12-7-3-4-8-13(12)18-14/h3-4,7-8,17-18H,5-6,9-11H2,1-2H3. The monoisotopic (exact) mass is 279 g/mol. The molecule has 0 bridgehead atoms. The molecule has 3 nitrogen and oxygen atoms in total. The zero-order chi connectivity index (χ0) is 13.7. The van der Waals surface area contributed by atoms with Crippen molar-refractivity contribution in [3.8, 4) is 0 Å². The lowest BCUT2D eigenvalue weighted by molar-refractivity contribution is 0.391. The highest BCUT2D eigenvalue weighted by Gasteiger charge is 2.07. The van der Waals surface area contributed by atoms with E-state index in [4.69, 9.17) is 11.6 Å². The number of hydrogen-bond donors (Lipinski definition) is 2. The predicted molar refractivity (Wildman–Crippen MR) is 82.8 cm³/mol. The van der Waals surface area contributed by atoms with Crippen LogP contribution in [-0.4, -0.2) is 37.1 Å². The number of hydrogen-bond acceptors (Lipinski definition) is 2. The van der Waals surface area contributed by atoms with Crippen LogP contribution in [0.25, 0.3) is 10.9 Å². The van der Waals surface area contributed by atoms with Crippen molar-refractivity contribution in [1.29, 1.82) is 0 Å². The Balaban J connectivity index is 1.80. The van der Waals surface area contributed by atoms with Crippen molar-refractivity contribution in [3.63, 3.8) is 0 Å². The maximum Gasteiger partial charge on any atom is 0.0705 e. The van der Waals surface area contributed by atoms with E-state index in [1.165, 1.54) is 12.8 Å². The fraction of sp³-hybridized carbons (Fsp3) is 0.467. The number of nitrogens with zero attached hydrogens (tertiary/aromatic N) is 1. The van der Waals surface area contributed by atoms with Crippen LogP contribution in [0, 0.1) is 0 Å². The average Bonchev–Trinajstić information content (AvgIpc) is 2.71. The second-order valence-corrected chi connectivity index (χ2v) is 5.53. The van der Waals surface area contributed by atoms with Crippen LogP contribution >= 0.6 is 11.6 Å². The number of unbranched alkanes of at least 4 members (excludes halogenated alkanes) is 1. The van der Waals surface area contributed by atoms with E-state index in [1.807, 2.05) is 12.1 Å². The summed E-state index contributed by atoms with van der Waals surface area (Å²) in [6.45, 7) is 2.98. The Morgan fingerprint density at radius 1 is 1.21 bits per heavy atom. The minimum absolute atomic E-state index is 0.801. The van der Waals surface area contributed by atoms with Crippen LogP contribution in [0.5, 0.6) is 0 Å². The number of H-pyrrole nitrogens is 1. The van der Waals surface area contributed by atoms with Crippen molar-refractivity contribution in [3.05, 3.63) is 35.0 Å².